The van der Waals surface area contributed by atoms with Crippen molar-refractivity contribution >= 4 is 28.8 Å². The molecule has 0 aliphatic heterocycles. The maximum atomic E-state index is 13.8. The Morgan fingerprint density at radius 2 is 1.76 bits per heavy atom. The first kappa shape index (κ1) is 15.1. The first-order valence-electron chi connectivity index (χ1n) is 6.05. The third kappa shape index (κ3) is 3.41. The highest BCUT2D eigenvalue weighted by atomic mass is 32.1. The number of carbonyl (C=O) groups excluding carboxylic acids is 1. The van der Waals surface area contributed by atoms with E-state index in [1.165, 1.54) is 30.3 Å². The maximum Gasteiger partial charge on any atom is 0.255 e. The van der Waals surface area contributed by atoms with Gasteiger partial charge in [-0.2, -0.15) is 0 Å². The summed E-state index contributed by atoms with van der Waals surface area (Å²) in [6.45, 7) is 1.55. The van der Waals surface area contributed by atoms with Gasteiger partial charge in [-0.15, -0.1) is 0 Å². The summed E-state index contributed by atoms with van der Waals surface area (Å²) in [5.41, 5.74) is 6.35. The number of halogens is 2. The van der Waals surface area contributed by atoms with Gasteiger partial charge in [0, 0.05) is 11.1 Å². The van der Waals surface area contributed by atoms with E-state index in [2.05, 4.69) is 5.32 Å². The lowest BCUT2D eigenvalue weighted by molar-refractivity contribution is 0.102. The van der Waals surface area contributed by atoms with Gasteiger partial charge in [0.2, 0.25) is 0 Å². The van der Waals surface area contributed by atoms with Crippen LogP contribution in [-0.4, -0.2) is 10.9 Å². The van der Waals surface area contributed by atoms with Crippen LogP contribution in [0.5, 0.6) is 0 Å². The van der Waals surface area contributed by atoms with Crippen LogP contribution < -0.4 is 11.1 Å². The Morgan fingerprint density at radius 3 is 2.33 bits per heavy atom. The van der Waals surface area contributed by atoms with Crippen LogP contribution in [0.15, 0.2) is 36.4 Å². The maximum absolute atomic E-state index is 13.8. The molecule has 0 saturated heterocycles. The minimum atomic E-state index is -0.646. The smallest absolute Gasteiger partial charge is 0.255 e. The molecule has 0 saturated carbocycles. The molecule has 3 nitrogen and oxygen atoms in total. The molecule has 0 atom stereocenters. The largest absolute Gasteiger partial charge is 0.389 e. The van der Waals surface area contributed by atoms with Crippen LogP contribution in [0.1, 0.15) is 21.5 Å². The molecule has 0 aliphatic carbocycles. The van der Waals surface area contributed by atoms with E-state index in [9.17, 15) is 13.6 Å². The average molecular weight is 306 g/mol. The number of nitrogens with two attached hydrogens (primary N) is 1. The Labute approximate surface area is 125 Å². The van der Waals surface area contributed by atoms with Gasteiger partial charge in [-0.3, -0.25) is 4.79 Å². The van der Waals surface area contributed by atoms with Crippen molar-refractivity contribution in [2.45, 2.75) is 6.92 Å². The van der Waals surface area contributed by atoms with E-state index in [1.807, 2.05) is 0 Å². The Hall–Kier alpha value is -2.34. The molecule has 0 fully saturated rings. The van der Waals surface area contributed by atoms with E-state index in [4.69, 9.17) is 18.0 Å². The van der Waals surface area contributed by atoms with Crippen LogP contribution in [0.2, 0.25) is 0 Å². The molecule has 0 heterocycles. The first-order chi connectivity index (χ1) is 9.88. The number of carbonyl (C=O) groups is 1. The summed E-state index contributed by atoms with van der Waals surface area (Å²) in [6, 6.07) is 7.95. The number of nitrogens with one attached hydrogen (secondary N) is 1. The van der Waals surface area contributed by atoms with Crippen molar-refractivity contribution in [3.05, 3.63) is 64.7 Å². The normalized spacial score (nSPS) is 10.2. The zero-order valence-corrected chi connectivity index (χ0v) is 11.9. The van der Waals surface area contributed by atoms with Crippen LogP contribution in [-0.2, 0) is 0 Å². The standard InChI is InChI=1S/C15H12F2N2OS/c1-8-6-10(2-4-11(8)16)15(20)19-13-5-3-9(14(18)21)7-12(13)17/h2-7H,1H3,(H2,18,21)(H,19,20). The number of rotatable bonds is 3. The summed E-state index contributed by atoms with van der Waals surface area (Å²) in [5.74, 6) is -1.58. The lowest BCUT2D eigenvalue weighted by atomic mass is 10.1. The number of amides is 1. The Kier molecular flexibility index (Phi) is 4.28. The first-order valence-corrected chi connectivity index (χ1v) is 6.46. The second-order valence-corrected chi connectivity index (χ2v) is 4.92. The number of anilines is 1. The lowest BCUT2D eigenvalue weighted by Crippen LogP contribution is -2.15. The number of thiocarbonyl (C=S) groups is 1. The zero-order chi connectivity index (χ0) is 15.6. The summed E-state index contributed by atoms with van der Waals surface area (Å²) < 4.78 is 27.0. The predicted octanol–water partition coefficient (Wildman–Crippen LogP) is 3.16. The fourth-order valence-electron chi connectivity index (χ4n) is 1.75. The molecule has 2 aromatic rings. The van der Waals surface area contributed by atoms with E-state index in [0.29, 0.717) is 11.1 Å². The topological polar surface area (TPSA) is 55.1 Å². The van der Waals surface area contributed by atoms with E-state index in [1.54, 1.807) is 6.92 Å². The molecular weight excluding hydrogens is 294 g/mol. The van der Waals surface area contributed by atoms with Crippen molar-refractivity contribution < 1.29 is 13.6 Å². The molecule has 0 unspecified atom stereocenters. The minimum Gasteiger partial charge on any atom is -0.389 e. The van der Waals surface area contributed by atoms with Gasteiger partial charge < -0.3 is 11.1 Å². The molecule has 21 heavy (non-hydrogen) atoms. The summed E-state index contributed by atoms with van der Waals surface area (Å²) in [6.07, 6.45) is 0. The van der Waals surface area contributed by atoms with Gasteiger partial charge in [0.15, 0.2) is 0 Å². The van der Waals surface area contributed by atoms with E-state index in [0.717, 1.165) is 6.07 Å². The van der Waals surface area contributed by atoms with E-state index >= 15 is 0 Å². The lowest BCUT2D eigenvalue weighted by Gasteiger charge is -2.08. The van der Waals surface area contributed by atoms with Crippen LogP contribution in [0, 0.1) is 18.6 Å². The minimum absolute atomic E-state index is 0.00183. The number of hydrogen-bond acceptors (Lipinski definition) is 2. The average Bonchev–Trinajstić information content (AvgIpc) is 2.43. The van der Waals surface area contributed by atoms with Gasteiger partial charge in [-0.05, 0) is 48.9 Å². The number of benzene rings is 2. The summed E-state index contributed by atoms with van der Waals surface area (Å²) in [5, 5.41) is 2.42. The molecule has 0 bridgehead atoms. The summed E-state index contributed by atoms with van der Waals surface area (Å²) in [7, 11) is 0. The van der Waals surface area contributed by atoms with Crippen LogP contribution in [0.25, 0.3) is 0 Å². The van der Waals surface area contributed by atoms with Gasteiger partial charge in [0.25, 0.3) is 5.91 Å². The SMILES string of the molecule is Cc1cc(C(=O)Nc2ccc(C(N)=S)cc2F)ccc1F. The van der Waals surface area contributed by atoms with E-state index in [-0.39, 0.29) is 16.2 Å². The van der Waals surface area contributed by atoms with Crippen LogP contribution in [0.3, 0.4) is 0 Å². The van der Waals surface area contributed by atoms with Crippen molar-refractivity contribution in [2.75, 3.05) is 5.32 Å². The highest BCUT2D eigenvalue weighted by Crippen LogP contribution is 2.18. The molecule has 0 radical (unpaired) electrons. The van der Waals surface area contributed by atoms with Gasteiger partial charge in [-0.1, -0.05) is 12.2 Å². The summed E-state index contributed by atoms with van der Waals surface area (Å²) in [4.78, 5) is 12.1. The molecular formula is C15H12F2N2OS. The third-order valence-corrected chi connectivity index (χ3v) is 3.16. The monoisotopic (exact) mass is 306 g/mol. The zero-order valence-electron chi connectivity index (χ0n) is 11.1. The molecule has 108 valence electrons. The van der Waals surface area contributed by atoms with Crippen molar-refractivity contribution in [1.29, 1.82) is 0 Å². The Balaban J connectivity index is 2.23. The molecule has 0 spiro atoms. The highest BCUT2D eigenvalue weighted by molar-refractivity contribution is 7.80. The van der Waals surface area contributed by atoms with Crippen molar-refractivity contribution in [1.82, 2.24) is 0 Å². The number of aryl methyl sites for hydroxylation is 1. The predicted molar refractivity (Wildman–Crippen MR) is 81.4 cm³/mol. The molecule has 0 aromatic heterocycles. The van der Waals surface area contributed by atoms with Crippen LogP contribution >= 0.6 is 12.2 Å². The van der Waals surface area contributed by atoms with Crippen molar-refractivity contribution in [3.8, 4) is 0 Å². The van der Waals surface area contributed by atoms with Crippen molar-refractivity contribution in [3.63, 3.8) is 0 Å². The molecule has 1 amide bonds. The molecule has 0 aliphatic rings. The second-order valence-electron chi connectivity index (χ2n) is 4.48. The van der Waals surface area contributed by atoms with Crippen molar-refractivity contribution in [2.24, 2.45) is 5.73 Å². The Morgan fingerprint density at radius 1 is 1.10 bits per heavy atom. The number of hydrogen-bond donors (Lipinski definition) is 2. The molecule has 2 rings (SSSR count). The van der Waals surface area contributed by atoms with Gasteiger partial charge in [-0.25, -0.2) is 8.78 Å². The van der Waals surface area contributed by atoms with Gasteiger partial charge >= 0.3 is 0 Å². The molecule has 6 heteroatoms. The van der Waals surface area contributed by atoms with Gasteiger partial charge in [0.1, 0.15) is 16.6 Å². The van der Waals surface area contributed by atoms with E-state index < -0.39 is 17.5 Å². The fourth-order valence-corrected chi connectivity index (χ4v) is 1.88. The quantitative estimate of drug-likeness (QED) is 0.857. The molecule has 3 N–H and O–H groups in total. The Bertz CT molecular complexity index is 732. The fraction of sp³-hybridized carbons (Fsp3) is 0.0667. The van der Waals surface area contributed by atoms with Gasteiger partial charge in [0.05, 0.1) is 5.69 Å². The molecule has 2 aromatic carbocycles. The third-order valence-electron chi connectivity index (χ3n) is 2.92. The highest BCUT2D eigenvalue weighted by Gasteiger charge is 2.11. The summed E-state index contributed by atoms with van der Waals surface area (Å²) >= 11 is 4.74. The van der Waals surface area contributed by atoms with Crippen LogP contribution in [0.4, 0.5) is 14.5 Å². The second kappa shape index (κ2) is 5.97.